The largest absolute Gasteiger partial charge is 0.496 e. The first-order valence-electron chi connectivity index (χ1n) is 7.56. The van der Waals surface area contributed by atoms with Crippen LogP contribution in [0.5, 0.6) is 5.75 Å². The highest BCUT2D eigenvalue weighted by molar-refractivity contribution is 6.00. The smallest absolute Gasteiger partial charge is 0.336 e. The lowest BCUT2D eigenvalue weighted by Crippen LogP contribution is -2.35. The molecule has 1 amide bonds. The molecule has 5 nitrogen and oxygen atoms in total. The van der Waals surface area contributed by atoms with E-state index < -0.39 is 11.4 Å². The van der Waals surface area contributed by atoms with Gasteiger partial charge in [0.15, 0.2) is 0 Å². The molecule has 0 spiro atoms. The third-order valence-electron chi connectivity index (χ3n) is 4.07. The van der Waals surface area contributed by atoms with Crippen LogP contribution in [-0.4, -0.2) is 24.1 Å². The number of hydrogen-bond acceptors (Lipinski definition) is 3. The van der Waals surface area contributed by atoms with Gasteiger partial charge in [-0.1, -0.05) is 24.3 Å². The number of carbonyl (C=O) groups is 2. The normalized spacial score (nSPS) is 11.0. The molecular formula is C19H21NO4. The molecule has 0 atom stereocenters. The molecule has 2 aromatic carbocycles. The molecular weight excluding hydrogens is 306 g/mol. The quantitative estimate of drug-likeness (QED) is 0.879. The fourth-order valence-corrected chi connectivity index (χ4v) is 2.50. The van der Waals surface area contributed by atoms with Crippen molar-refractivity contribution in [2.45, 2.75) is 26.2 Å². The Bertz CT molecular complexity index is 781. The van der Waals surface area contributed by atoms with Crippen molar-refractivity contribution >= 4 is 17.6 Å². The fourth-order valence-electron chi connectivity index (χ4n) is 2.50. The molecule has 0 aliphatic carbocycles. The molecule has 0 fully saturated rings. The lowest BCUT2D eigenvalue weighted by molar-refractivity contribution is -0.120. The van der Waals surface area contributed by atoms with Crippen molar-refractivity contribution < 1.29 is 19.4 Å². The lowest BCUT2D eigenvalue weighted by Gasteiger charge is -2.26. The van der Waals surface area contributed by atoms with Gasteiger partial charge in [-0.05, 0) is 44.5 Å². The topological polar surface area (TPSA) is 75.6 Å². The van der Waals surface area contributed by atoms with Gasteiger partial charge in [-0.3, -0.25) is 4.79 Å². The van der Waals surface area contributed by atoms with E-state index in [1.54, 1.807) is 46.1 Å². The zero-order chi connectivity index (χ0) is 17.9. The number of rotatable bonds is 5. The molecule has 0 saturated carbocycles. The van der Waals surface area contributed by atoms with Crippen LogP contribution in [0.3, 0.4) is 0 Å². The van der Waals surface area contributed by atoms with E-state index in [0.29, 0.717) is 17.0 Å². The van der Waals surface area contributed by atoms with E-state index in [9.17, 15) is 14.7 Å². The van der Waals surface area contributed by atoms with Gasteiger partial charge in [-0.2, -0.15) is 0 Å². The summed E-state index contributed by atoms with van der Waals surface area (Å²) < 4.78 is 5.34. The molecule has 126 valence electrons. The summed E-state index contributed by atoms with van der Waals surface area (Å²) in [5, 5.41) is 12.0. The lowest BCUT2D eigenvalue weighted by atomic mass is 9.83. The Balaban J connectivity index is 2.32. The summed E-state index contributed by atoms with van der Waals surface area (Å²) in [6.07, 6.45) is 0. The minimum Gasteiger partial charge on any atom is -0.496 e. The van der Waals surface area contributed by atoms with Crippen LogP contribution in [0.1, 0.15) is 35.3 Å². The second kappa shape index (κ2) is 6.74. The third-order valence-corrected chi connectivity index (χ3v) is 4.07. The Labute approximate surface area is 141 Å². The number of hydrogen-bond donors (Lipinski definition) is 2. The van der Waals surface area contributed by atoms with Crippen LogP contribution < -0.4 is 10.1 Å². The van der Waals surface area contributed by atoms with Gasteiger partial charge in [0.25, 0.3) is 0 Å². The molecule has 5 heteroatoms. The predicted molar refractivity (Wildman–Crippen MR) is 92.8 cm³/mol. The summed E-state index contributed by atoms with van der Waals surface area (Å²) in [5.74, 6) is -0.632. The van der Waals surface area contributed by atoms with E-state index in [1.165, 1.54) is 6.07 Å². The zero-order valence-electron chi connectivity index (χ0n) is 14.2. The van der Waals surface area contributed by atoms with Crippen molar-refractivity contribution in [3.8, 4) is 5.75 Å². The van der Waals surface area contributed by atoms with Gasteiger partial charge in [0.1, 0.15) is 5.75 Å². The van der Waals surface area contributed by atoms with Crippen molar-refractivity contribution in [2.24, 2.45) is 0 Å². The van der Waals surface area contributed by atoms with Gasteiger partial charge >= 0.3 is 5.97 Å². The van der Waals surface area contributed by atoms with Crippen LogP contribution in [0.25, 0.3) is 0 Å². The summed E-state index contributed by atoms with van der Waals surface area (Å²) in [4.78, 5) is 24.0. The van der Waals surface area contributed by atoms with E-state index in [4.69, 9.17) is 4.74 Å². The second-order valence-electron chi connectivity index (χ2n) is 6.11. The molecule has 2 N–H and O–H groups in total. The monoisotopic (exact) mass is 327 g/mol. The van der Waals surface area contributed by atoms with Crippen LogP contribution in [0.15, 0.2) is 42.5 Å². The van der Waals surface area contributed by atoms with Crippen LogP contribution >= 0.6 is 0 Å². The average molecular weight is 327 g/mol. The molecule has 0 heterocycles. The maximum Gasteiger partial charge on any atom is 0.336 e. The fraction of sp³-hybridized carbons (Fsp3) is 0.263. The molecule has 0 saturated heterocycles. The van der Waals surface area contributed by atoms with Gasteiger partial charge in [0, 0.05) is 11.3 Å². The van der Waals surface area contributed by atoms with Crippen molar-refractivity contribution in [1.82, 2.24) is 0 Å². The van der Waals surface area contributed by atoms with E-state index >= 15 is 0 Å². The molecule has 0 unspecified atom stereocenters. The number of carboxylic acids is 1. The predicted octanol–water partition coefficient (Wildman–Crippen LogP) is 3.62. The summed E-state index contributed by atoms with van der Waals surface area (Å²) in [5.41, 5.74) is 1.18. The summed E-state index contributed by atoms with van der Waals surface area (Å²) in [6.45, 7) is 5.31. The first-order chi connectivity index (χ1) is 11.3. The number of aromatic carboxylic acids is 1. The third kappa shape index (κ3) is 3.40. The number of methoxy groups -OCH3 is 1. The molecule has 0 aromatic heterocycles. The average Bonchev–Trinajstić information content (AvgIpc) is 2.56. The maximum atomic E-state index is 12.8. The van der Waals surface area contributed by atoms with Crippen molar-refractivity contribution in [2.75, 3.05) is 12.4 Å². The van der Waals surface area contributed by atoms with E-state index in [1.807, 2.05) is 18.2 Å². The van der Waals surface area contributed by atoms with Gasteiger partial charge < -0.3 is 15.2 Å². The van der Waals surface area contributed by atoms with Gasteiger partial charge in [-0.15, -0.1) is 0 Å². The number of carboxylic acid groups (broad SMARTS) is 1. The molecule has 0 bridgehead atoms. The van der Waals surface area contributed by atoms with Gasteiger partial charge in [-0.25, -0.2) is 4.79 Å². The Hall–Kier alpha value is -2.82. The van der Waals surface area contributed by atoms with E-state index in [-0.39, 0.29) is 11.5 Å². The van der Waals surface area contributed by atoms with Crippen molar-refractivity contribution in [3.63, 3.8) is 0 Å². The van der Waals surface area contributed by atoms with Gasteiger partial charge in [0.05, 0.1) is 18.1 Å². The van der Waals surface area contributed by atoms with Crippen molar-refractivity contribution in [3.05, 3.63) is 59.2 Å². The van der Waals surface area contributed by atoms with Crippen molar-refractivity contribution in [1.29, 1.82) is 0 Å². The Morgan fingerprint density at radius 2 is 1.79 bits per heavy atom. The first-order valence-corrected chi connectivity index (χ1v) is 7.56. The number of amides is 1. The molecule has 0 radical (unpaired) electrons. The highest BCUT2D eigenvalue weighted by Crippen LogP contribution is 2.32. The summed E-state index contributed by atoms with van der Waals surface area (Å²) in [7, 11) is 1.56. The first kappa shape index (κ1) is 17.5. The number of anilines is 1. The number of aryl methyl sites for hydroxylation is 1. The highest BCUT2D eigenvalue weighted by atomic mass is 16.5. The molecule has 2 aromatic rings. The number of nitrogens with one attached hydrogen (secondary N) is 1. The number of carbonyl (C=O) groups excluding carboxylic acids is 1. The Kier molecular flexibility index (Phi) is 4.93. The zero-order valence-corrected chi connectivity index (χ0v) is 14.2. The van der Waals surface area contributed by atoms with Crippen LogP contribution in [0.4, 0.5) is 5.69 Å². The van der Waals surface area contributed by atoms with E-state index in [2.05, 4.69) is 5.32 Å². The maximum absolute atomic E-state index is 12.8. The Morgan fingerprint density at radius 3 is 2.42 bits per heavy atom. The Morgan fingerprint density at radius 1 is 1.12 bits per heavy atom. The summed E-state index contributed by atoms with van der Waals surface area (Å²) >= 11 is 0. The van der Waals surface area contributed by atoms with Crippen LogP contribution in [-0.2, 0) is 10.2 Å². The molecule has 24 heavy (non-hydrogen) atoms. The molecule has 0 aliphatic heterocycles. The van der Waals surface area contributed by atoms with Crippen LogP contribution in [0, 0.1) is 6.92 Å². The molecule has 2 rings (SSSR count). The number of benzene rings is 2. The molecule has 0 aliphatic rings. The standard InChI is InChI=1S/C19H21NO4/c1-12-9-10-13(11-14(12)17(21)22)20-18(23)19(2,3)15-7-5-6-8-16(15)24-4/h5-11H,1-4H3,(H,20,23)(H,21,22). The summed E-state index contributed by atoms with van der Waals surface area (Å²) in [6, 6.07) is 12.2. The van der Waals surface area contributed by atoms with Gasteiger partial charge in [0.2, 0.25) is 5.91 Å². The number of ether oxygens (including phenoxy) is 1. The highest BCUT2D eigenvalue weighted by Gasteiger charge is 2.32. The van der Waals surface area contributed by atoms with E-state index in [0.717, 1.165) is 5.56 Å². The number of para-hydroxylation sites is 1. The minimum absolute atomic E-state index is 0.169. The SMILES string of the molecule is COc1ccccc1C(C)(C)C(=O)Nc1ccc(C)c(C(=O)O)c1. The minimum atomic E-state index is -1.02. The second-order valence-corrected chi connectivity index (χ2v) is 6.11. The van der Waals surface area contributed by atoms with Crippen LogP contribution in [0.2, 0.25) is 0 Å².